The second-order valence-electron chi connectivity index (χ2n) is 7.04. The van der Waals surface area contributed by atoms with Gasteiger partial charge >= 0.3 is 45.5 Å². The summed E-state index contributed by atoms with van der Waals surface area (Å²) in [7, 11) is 0. The second-order valence-corrected chi connectivity index (χ2v) is 7.04. The number of aliphatic carboxylic acids is 1. The van der Waals surface area contributed by atoms with E-state index in [1.807, 2.05) is 0 Å². The molecule has 2 aliphatic rings. The molecule has 2 aromatic rings. The third-order valence-electron chi connectivity index (χ3n) is 5.15. The van der Waals surface area contributed by atoms with Crippen LogP contribution in [0.5, 0.6) is 0 Å². The Labute approximate surface area is 204 Å². The minimum Gasteiger partial charge on any atom is -0.655 e. The number of aromatic nitrogens is 2. The van der Waals surface area contributed by atoms with E-state index >= 15 is 0 Å². The van der Waals surface area contributed by atoms with Gasteiger partial charge in [-0.25, -0.2) is 0 Å². The van der Waals surface area contributed by atoms with Crippen LogP contribution in [0.15, 0.2) is 30.5 Å². The molecule has 1 saturated heterocycles. The fraction of sp³-hybridized carbons (Fsp3) is 0.409. The third kappa shape index (κ3) is 4.74. The zero-order chi connectivity index (χ0) is 19.6. The molecular weight excluding hydrogens is 426 g/mol. The van der Waals surface area contributed by atoms with Crippen LogP contribution in [0.4, 0.5) is 0 Å². The summed E-state index contributed by atoms with van der Waals surface area (Å²) in [6, 6.07) is 9.50. The van der Waals surface area contributed by atoms with Crippen LogP contribution >= 0.6 is 0 Å². The van der Waals surface area contributed by atoms with Gasteiger partial charge in [-0.3, -0.25) is 4.98 Å². The van der Waals surface area contributed by atoms with Crippen LogP contribution in [-0.2, 0) is 4.79 Å². The third-order valence-corrected chi connectivity index (χ3v) is 5.15. The van der Waals surface area contributed by atoms with Crippen LogP contribution in [0, 0.1) is 25.8 Å². The van der Waals surface area contributed by atoms with Crippen LogP contribution in [0.25, 0.3) is 16.6 Å². The molecule has 1 unspecified atom stereocenters. The second kappa shape index (κ2) is 10.1. The fourth-order valence-corrected chi connectivity index (χ4v) is 3.91. The number of rotatable bonds is 2. The maximum Gasteiger partial charge on any atom is 2.00 e. The van der Waals surface area contributed by atoms with Crippen molar-refractivity contribution in [1.82, 2.24) is 4.98 Å². The number of hydrogen-bond acceptors (Lipinski definition) is 3. The smallest absolute Gasteiger partial charge is 0.655 e. The van der Waals surface area contributed by atoms with Crippen LogP contribution in [0.2, 0.25) is 0 Å². The molecule has 1 atom stereocenters. The van der Waals surface area contributed by atoms with Crippen molar-refractivity contribution in [1.29, 1.82) is 0 Å². The van der Waals surface area contributed by atoms with Crippen molar-refractivity contribution in [3.8, 4) is 11.3 Å². The van der Waals surface area contributed by atoms with Gasteiger partial charge in [-0.1, -0.05) is 38.8 Å². The molecule has 5 nitrogen and oxygen atoms in total. The summed E-state index contributed by atoms with van der Waals surface area (Å²) in [5.41, 5.74) is 6.05. The molecule has 0 amide bonds. The summed E-state index contributed by atoms with van der Waals surface area (Å²) >= 11 is 0. The molecule has 3 heterocycles. The van der Waals surface area contributed by atoms with Gasteiger partial charge in [-0.2, -0.15) is 11.6 Å². The molecule has 2 aliphatic heterocycles. The largest absolute Gasteiger partial charge is 2.00 e. The van der Waals surface area contributed by atoms with Crippen molar-refractivity contribution in [2.24, 2.45) is 0 Å². The van der Waals surface area contributed by atoms with E-state index < -0.39 is 12.0 Å². The van der Waals surface area contributed by atoms with Gasteiger partial charge in [-0.05, 0) is 20.3 Å². The van der Waals surface area contributed by atoms with E-state index in [-0.39, 0.29) is 45.5 Å². The molecule has 4 rings (SSSR count). The zero-order valence-corrected chi connectivity index (χ0v) is 20.6. The van der Waals surface area contributed by atoms with Crippen molar-refractivity contribution in [3.05, 3.63) is 64.7 Å². The van der Waals surface area contributed by atoms with Gasteiger partial charge < -0.3 is 19.8 Å². The zero-order valence-electron chi connectivity index (χ0n) is 17.2. The Morgan fingerprint density at radius 1 is 1.36 bits per heavy atom. The van der Waals surface area contributed by atoms with Crippen molar-refractivity contribution in [3.63, 3.8) is 0 Å². The Bertz CT molecular complexity index is 835. The quantitative estimate of drug-likeness (QED) is 0.399. The van der Waals surface area contributed by atoms with E-state index in [1.54, 1.807) is 0 Å². The average molecular weight is 452 g/mol. The molecule has 0 N–H and O–H groups in total. The molecule has 0 spiro atoms. The van der Waals surface area contributed by atoms with Crippen LogP contribution < -0.4 is 9.67 Å². The summed E-state index contributed by atoms with van der Waals surface area (Å²) in [4.78, 5) is 14.6. The van der Waals surface area contributed by atoms with Gasteiger partial charge in [0.2, 0.25) is 0 Å². The van der Waals surface area contributed by atoms with Gasteiger partial charge in [0.05, 0.1) is 11.9 Å². The molecule has 1 aromatic heterocycles. The maximum absolute atomic E-state index is 10.00. The Balaban J connectivity index is 0.000000264. The van der Waals surface area contributed by atoms with E-state index in [9.17, 15) is 9.90 Å². The summed E-state index contributed by atoms with van der Waals surface area (Å²) in [6.45, 7) is 9.29. The normalized spacial score (nSPS) is 17.1. The number of fused-ring (bicyclic) bond motifs is 3. The Hall–Kier alpha value is -1.05. The Morgan fingerprint density at radius 2 is 2.07 bits per heavy atom. The summed E-state index contributed by atoms with van der Waals surface area (Å²) in [5.74, 6) is 0.350. The standard InChI is InChI=1S/C17H19N2.C5H8NO2.Sr/c1-5-16-12(3)14-8-6-7-9-15(14)17-13(4)18-11(2)10-19(16)17;7-5(8)4-2-1-3-6-4;/h6-10H,5H2,1-4H3;4H,1-3H2,(H,7,8);/q2*-1;+2/p-1. The number of carbonyl (C=O) groups excluding carboxylic acids is 1. The first kappa shape index (κ1) is 23.2. The first-order valence-corrected chi connectivity index (χ1v) is 9.51. The maximum atomic E-state index is 10.00. The van der Waals surface area contributed by atoms with Gasteiger partial charge in [0.25, 0.3) is 0 Å². The monoisotopic (exact) mass is 452 g/mol. The van der Waals surface area contributed by atoms with Gasteiger partial charge in [-0.15, -0.1) is 30.2 Å². The number of carboxylic acid groups (broad SMARTS) is 1. The van der Waals surface area contributed by atoms with E-state index in [1.165, 1.54) is 28.8 Å². The Morgan fingerprint density at radius 3 is 2.64 bits per heavy atom. The number of benzene rings is 1. The molecule has 0 aliphatic carbocycles. The van der Waals surface area contributed by atoms with Crippen molar-refractivity contribution >= 4 is 51.5 Å². The molecule has 6 heteroatoms. The number of aryl methyl sites for hydroxylation is 2. The van der Waals surface area contributed by atoms with E-state index in [0.29, 0.717) is 13.0 Å². The number of carboxylic acids is 1. The molecule has 144 valence electrons. The van der Waals surface area contributed by atoms with Gasteiger partial charge in [0.15, 0.2) is 0 Å². The predicted octanol–water partition coefficient (Wildman–Crippen LogP) is 2.29. The topological polar surface area (TPSA) is 71.0 Å². The minimum absolute atomic E-state index is 0. The van der Waals surface area contributed by atoms with Crippen LogP contribution in [-0.4, -0.2) is 69.0 Å². The van der Waals surface area contributed by atoms with Gasteiger partial charge in [0.1, 0.15) is 0 Å². The molecule has 0 bridgehead atoms. The number of hydrogen-bond donors (Lipinski definition) is 0. The van der Waals surface area contributed by atoms with Crippen molar-refractivity contribution < 1.29 is 14.5 Å². The van der Waals surface area contributed by atoms with Crippen molar-refractivity contribution in [2.45, 2.75) is 53.0 Å². The first-order valence-electron chi connectivity index (χ1n) is 9.51. The predicted molar refractivity (Wildman–Crippen MR) is 108 cm³/mol. The van der Waals surface area contributed by atoms with Crippen molar-refractivity contribution in [2.75, 3.05) is 6.54 Å². The molecular formula is C22H26N3O2Sr-. The molecule has 1 aromatic carbocycles. The molecule has 1 fully saturated rings. The molecule has 0 radical (unpaired) electrons. The SMILES string of the molecule is CC[C-]1[C-](C)c2ccccc2-c2c(C)nc(C)c[n+]21.O=C([O-])C1CCC[N-]1.[Sr+2]. The average Bonchev–Trinajstić information content (AvgIpc) is 3.17. The summed E-state index contributed by atoms with van der Waals surface area (Å²) in [6.07, 6.45) is 4.75. The number of nitrogens with zero attached hydrogens (tertiary/aromatic N) is 3. The van der Waals surface area contributed by atoms with Crippen LogP contribution in [0.3, 0.4) is 0 Å². The van der Waals surface area contributed by atoms with E-state index in [4.69, 9.17) is 0 Å². The Kier molecular flexibility index (Phi) is 8.40. The van der Waals surface area contributed by atoms with E-state index in [0.717, 1.165) is 24.2 Å². The molecule has 28 heavy (non-hydrogen) atoms. The van der Waals surface area contributed by atoms with Crippen LogP contribution in [0.1, 0.15) is 50.1 Å². The van der Waals surface area contributed by atoms with E-state index in [2.05, 4.69) is 73.0 Å². The van der Waals surface area contributed by atoms with Gasteiger partial charge in [0, 0.05) is 23.4 Å². The number of carbonyl (C=O) groups is 1. The molecule has 0 saturated carbocycles. The first-order chi connectivity index (χ1) is 12.9. The minimum atomic E-state index is -1.03. The fourth-order valence-electron chi connectivity index (χ4n) is 3.91. The summed E-state index contributed by atoms with van der Waals surface area (Å²) < 4.78 is 2.33. The summed E-state index contributed by atoms with van der Waals surface area (Å²) in [5, 5.41) is 13.8.